The van der Waals surface area contributed by atoms with Crippen molar-refractivity contribution < 1.29 is 0 Å². The molecule has 0 aliphatic heterocycles. The lowest BCUT2D eigenvalue weighted by atomic mass is 10.1. The number of hydrogen-bond acceptors (Lipinski definition) is 3. The number of nitrogens with one attached hydrogen (secondary N) is 1. The summed E-state index contributed by atoms with van der Waals surface area (Å²) in [5.74, 6) is 0.782. The Morgan fingerprint density at radius 1 is 1.38 bits per heavy atom. The maximum absolute atomic E-state index is 8.75. The van der Waals surface area contributed by atoms with Gasteiger partial charge in [-0.3, -0.25) is 0 Å². The van der Waals surface area contributed by atoms with Crippen LogP contribution in [-0.4, -0.2) is 6.54 Å². The molecule has 0 spiro atoms. The van der Waals surface area contributed by atoms with E-state index >= 15 is 0 Å². The molecule has 1 heterocycles. The van der Waals surface area contributed by atoms with Crippen molar-refractivity contribution >= 4 is 11.3 Å². The van der Waals surface area contributed by atoms with Crippen molar-refractivity contribution in [2.75, 3.05) is 6.54 Å². The van der Waals surface area contributed by atoms with Gasteiger partial charge in [-0.1, -0.05) is 13.8 Å². The zero-order chi connectivity index (χ0) is 12.0. The van der Waals surface area contributed by atoms with Gasteiger partial charge < -0.3 is 5.32 Å². The molecule has 1 atom stereocenters. The van der Waals surface area contributed by atoms with E-state index in [4.69, 9.17) is 5.26 Å². The van der Waals surface area contributed by atoms with E-state index in [0.29, 0.717) is 6.04 Å². The average Bonchev–Trinajstić information content (AvgIpc) is 2.72. The Kier molecular flexibility index (Phi) is 5.51. The summed E-state index contributed by atoms with van der Waals surface area (Å²) in [6, 6.07) is 6.48. The second-order valence-electron chi connectivity index (χ2n) is 4.53. The van der Waals surface area contributed by atoms with Gasteiger partial charge in [0, 0.05) is 10.9 Å². The van der Waals surface area contributed by atoms with Crippen LogP contribution in [0.2, 0.25) is 0 Å². The van der Waals surface area contributed by atoms with Gasteiger partial charge >= 0.3 is 0 Å². The third kappa shape index (κ3) is 4.34. The van der Waals surface area contributed by atoms with Crippen LogP contribution in [0.3, 0.4) is 0 Å². The predicted octanol–water partition coefficient (Wildman–Crippen LogP) is 3.71. The lowest BCUT2D eigenvalue weighted by Crippen LogP contribution is -2.19. The SMILES string of the molecule is CC(C)CCCNC(C)c1ccc(C#N)s1. The molecule has 0 aliphatic rings. The smallest absolute Gasteiger partial charge is 0.110 e. The first-order valence-corrected chi connectivity index (χ1v) is 6.68. The summed E-state index contributed by atoms with van der Waals surface area (Å²) in [4.78, 5) is 2.05. The van der Waals surface area contributed by atoms with Crippen LogP contribution in [0.4, 0.5) is 0 Å². The van der Waals surface area contributed by atoms with Gasteiger partial charge in [0.15, 0.2) is 0 Å². The number of hydrogen-bond donors (Lipinski definition) is 1. The Labute approximate surface area is 102 Å². The molecule has 1 aromatic heterocycles. The standard InChI is InChI=1S/C13H20N2S/c1-10(2)5-4-8-15-11(3)13-7-6-12(9-14)16-13/h6-7,10-11,15H,4-5,8H2,1-3H3. The molecule has 0 radical (unpaired) electrons. The third-order valence-corrected chi connectivity index (χ3v) is 3.75. The first kappa shape index (κ1) is 13.2. The van der Waals surface area contributed by atoms with Crippen molar-refractivity contribution in [2.45, 2.75) is 39.7 Å². The first-order valence-electron chi connectivity index (χ1n) is 5.86. The molecule has 88 valence electrons. The molecule has 3 heteroatoms. The van der Waals surface area contributed by atoms with Crippen LogP contribution < -0.4 is 5.32 Å². The second kappa shape index (κ2) is 6.67. The first-order chi connectivity index (χ1) is 7.63. The lowest BCUT2D eigenvalue weighted by molar-refractivity contribution is 0.500. The molecule has 0 saturated carbocycles. The van der Waals surface area contributed by atoms with Crippen molar-refractivity contribution in [1.29, 1.82) is 5.26 Å². The summed E-state index contributed by atoms with van der Waals surface area (Å²) < 4.78 is 0. The van der Waals surface area contributed by atoms with E-state index in [1.54, 1.807) is 11.3 Å². The number of nitrogens with zero attached hydrogens (tertiary/aromatic N) is 1. The van der Waals surface area contributed by atoms with Gasteiger partial charge in [0.2, 0.25) is 0 Å². The Balaban J connectivity index is 2.30. The summed E-state index contributed by atoms with van der Waals surface area (Å²) >= 11 is 1.58. The topological polar surface area (TPSA) is 35.8 Å². The summed E-state index contributed by atoms with van der Waals surface area (Å²) in [6.45, 7) is 7.71. The maximum Gasteiger partial charge on any atom is 0.110 e. The van der Waals surface area contributed by atoms with Gasteiger partial charge in [-0.2, -0.15) is 5.26 Å². The van der Waals surface area contributed by atoms with Crippen LogP contribution in [0.1, 0.15) is 49.4 Å². The van der Waals surface area contributed by atoms with Gasteiger partial charge in [0.25, 0.3) is 0 Å². The van der Waals surface area contributed by atoms with E-state index in [9.17, 15) is 0 Å². The minimum atomic E-state index is 0.360. The Morgan fingerprint density at radius 2 is 2.12 bits per heavy atom. The van der Waals surface area contributed by atoms with Crippen LogP contribution >= 0.6 is 11.3 Å². The van der Waals surface area contributed by atoms with Crippen LogP contribution in [0.25, 0.3) is 0 Å². The Bertz CT molecular complexity index is 349. The number of rotatable bonds is 6. The zero-order valence-corrected chi connectivity index (χ0v) is 11.1. The Hall–Kier alpha value is -0.850. The average molecular weight is 236 g/mol. The molecule has 1 aromatic rings. The zero-order valence-electron chi connectivity index (χ0n) is 10.3. The predicted molar refractivity (Wildman–Crippen MR) is 69.5 cm³/mol. The van der Waals surface area contributed by atoms with Crippen LogP contribution in [0.5, 0.6) is 0 Å². The van der Waals surface area contributed by atoms with E-state index in [1.807, 2.05) is 12.1 Å². The normalized spacial score (nSPS) is 12.7. The fourth-order valence-corrected chi connectivity index (χ4v) is 2.41. The van der Waals surface area contributed by atoms with Gasteiger partial charge in [0.1, 0.15) is 10.9 Å². The molecule has 16 heavy (non-hydrogen) atoms. The van der Waals surface area contributed by atoms with Gasteiger partial charge in [0.05, 0.1) is 0 Å². The molecule has 1 N–H and O–H groups in total. The fraction of sp³-hybridized carbons (Fsp3) is 0.615. The van der Waals surface area contributed by atoms with Crippen LogP contribution in [0.15, 0.2) is 12.1 Å². The molecule has 0 saturated heterocycles. The van der Waals surface area contributed by atoms with Crippen LogP contribution in [-0.2, 0) is 0 Å². The monoisotopic (exact) mass is 236 g/mol. The van der Waals surface area contributed by atoms with Crippen molar-refractivity contribution in [1.82, 2.24) is 5.32 Å². The summed E-state index contributed by atoms with van der Waals surface area (Å²) in [5, 5.41) is 12.2. The minimum absolute atomic E-state index is 0.360. The van der Waals surface area contributed by atoms with E-state index in [1.165, 1.54) is 17.7 Å². The van der Waals surface area contributed by atoms with Gasteiger partial charge in [-0.05, 0) is 44.4 Å². The largest absolute Gasteiger partial charge is 0.309 e. The molecule has 0 aliphatic carbocycles. The second-order valence-corrected chi connectivity index (χ2v) is 5.64. The third-order valence-electron chi connectivity index (χ3n) is 2.57. The summed E-state index contributed by atoms with van der Waals surface area (Å²) in [7, 11) is 0. The highest BCUT2D eigenvalue weighted by molar-refractivity contribution is 7.12. The molecular weight excluding hydrogens is 216 g/mol. The van der Waals surface area contributed by atoms with E-state index in [-0.39, 0.29) is 0 Å². The fourth-order valence-electron chi connectivity index (χ4n) is 1.58. The van der Waals surface area contributed by atoms with Crippen molar-refractivity contribution in [2.24, 2.45) is 5.92 Å². The van der Waals surface area contributed by atoms with Gasteiger partial charge in [-0.15, -0.1) is 11.3 Å². The number of nitriles is 1. The van der Waals surface area contributed by atoms with Crippen molar-refractivity contribution in [3.63, 3.8) is 0 Å². The van der Waals surface area contributed by atoms with E-state index < -0.39 is 0 Å². The highest BCUT2D eigenvalue weighted by atomic mass is 32.1. The highest BCUT2D eigenvalue weighted by Crippen LogP contribution is 2.22. The quantitative estimate of drug-likeness (QED) is 0.764. The molecule has 0 fully saturated rings. The van der Waals surface area contributed by atoms with E-state index in [0.717, 1.165) is 17.3 Å². The maximum atomic E-state index is 8.75. The molecule has 0 amide bonds. The Morgan fingerprint density at radius 3 is 2.69 bits per heavy atom. The summed E-state index contributed by atoms with van der Waals surface area (Å²) in [6.07, 6.45) is 2.49. The lowest BCUT2D eigenvalue weighted by Gasteiger charge is -2.12. The molecule has 2 nitrogen and oxygen atoms in total. The molecule has 1 rings (SSSR count). The minimum Gasteiger partial charge on any atom is -0.309 e. The van der Waals surface area contributed by atoms with Gasteiger partial charge in [-0.25, -0.2) is 0 Å². The van der Waals surface area contributed by atoms with Crippen molar-refractivity contribution in [3.05, 3.63) is 21.9 Å². The molecule has 1 unspecified atom stereocenters. The molecular formula is C13H20N2S. The highest BCUT2D eigenvalue weighted by Gasteiger charge is 2.07. The molecule has 0 bridgehead atoms. The van der Waals surface area contributed by atoms with Crippen molar-refractivity contribution in [3.8, 4) is 6.07 Å². The van der Waals surface area contributed by atoms with Crippen LogP contribution in [0, 0.1) is 17.2 Å². The molecule has 0 aromatic carbocycles. The summed E-state index contributed by atoms with van der Waals surface area (Å²) in [5.41, 5.74) is 0. The van der Waals surface area contributed by atoms with E-state index in [2.05, 4.69) is 32.2 Å². The number of thiophene rings is 1.